The lowest BCUT2D eigenvalue weighted by Gasteiger charge is -2.19. The molecule has 0 aromatic heterocycles. The standard InChI is InChI=1S/C21H20BrN3/c1-13-6-8-15(9-7-13)24-21(23)25-12-14(2)20-17-4-3-5-18(22)16(17)10-11-19(20)25/h3-11,14H,12H2,1-2H3,(H2,23,24). The molecule has 1 aliphatic rings. The lowest BCUT2D eigenvalue weighted by Crippen LogP contribution is -2.36. The van der Waals surface area contributed by atoms with Crippen molar-refractivity contribution in [3.63, 3.8) is 0 Å². The van der Waals surface area contributed by atoms with Crippen LogP contribution < -0.4 is 10.6 Å². The summed E-state index contributed by atoms with van der Waals surface area (Å²) in [5.74, 6) is 0.948. The molecule has 0 saturated heterocycles. The van der Waals surface area contributed by atoms with Crippen LogP contribution in [0, 0.1) is 6.92 Å². The van der Waals surface area contributed by atoms with Crippen molar-refractivity contribution in [2.45, 2.75) is 19.8 Å². The van der Waals surface area contributed by atoms with Gasteiger partial charge in [-0.05, 0) is 47.5 Å². The topological polar surface area (TPSA) is 41.6 Å². The largest absolute Gasteiger partial charge is 0.369 e. The van der Waals surface area contributed by atoms with Gasteiger partial charge in [0.05, 0.1) is 5.69 Å². The van der Waals surface area contributed by atoms with Crippen LogP contribution in [-0.2, 0) is 0 Å². The maximum Gasteiger partial charge on any atom is 0.201 e. The Hall–Kier alpha value is -2.33. The lowest BCUT2D eigenvalue weighted by molar-refractivity contribution is 0.824. The van der Waals surface area contributed by atoms with Gasteiger partial charge in [-0.1, -0.05) is 58.7 Å². The van der Waals surface area contributed by atoms with E-state index in [1.165, 1.54) is 21.9 Å². The molecule has 0 spiro atoms. The number of nitrogens with two attached hydrogens (primary N) is 1. The molecule has 0 bridgehead atoms. The molecule has 1 unspecified atom stereocenters. The van der Waals surface area contributed by atoms with E-state index in [1.54, 1.807) is 0 Å². The van der Waals surface area contributed by atoms with E-state index in [2.05, 4.69) is 82.1 Å². The monoisotopic (exact) mass is 393 g/mol. The summed E-state index contributed by atoms with van der Waals surface area (Å²) in [4.78, 5) is 6.75. The second-order valence-corrected chi connectivity index (χ2v) is 7.50. The van der Waals surface area contributed by atoms with Crippen molar-refractivity contribution in [1.29, 1.82) is 0 Å². The van der Waals surface area contributed by atoms with E-state index in [0.29, 0.717) is 11.9 Å². The number of benzene rings is 3. The van der Waals surface area contributed by atoms with Gasteiger partial charge in [-0.15, -0.1) is 0 Å². The van der Waals surface area contributed by atoms with Gasteiger partial charge in [0.2, 0.25) is 5.96 Å². The molecule has 0 aliphatic carbocycles. The number of aryl methyl sites for hydroxylation is 1. The van der Waals surface area contributed by atoms with Crippen LogP contribution in [0.25, 0.3) is 10.8 Å². The highest BCUT2D eigenvalue weighted by Crippen LogP contribution is 2.42. The first-order valence-corrected chi connectivity index (χ1v) is 9.23. The molecule has 25 heavy (non-hydrogen) atoms. The molecule has 3 nitrogen and oxygen atoms in total. The Labute approximate surface area is 156 Å². The predicted molar refractivity (Wildman–Crippen MR) is 110 cm³/mol. The molecule has 1 heterocycles. The number of hydrogen-bond acceptors (Lipinski definition) is 1. The highest BCUT2D eigenvalue weighted by molar-refractivity contribution is 9.10. The number of halogens is 1. The molecule has 0 amide bonds. The zero-order valence-electron chi connectivity index (χ0n) is 14.3. The number of fused-ring (bicyclic) bond motifs is 3. The first kappa shape index (κ1) is 16.2. The molecule has 126 valence electrons. The van der Waals surface area contributed by atoms with Crippen molar-refractivity contribution in [2.75, 3.05) is 11.4 Å². The summed E-state index contributed by atoms with van der Waals surface area (Å²) in [6.07, 6.45) is 0. The first-order valence-electron chi connectivity index (χ1n) is 8.44. The van der Waals surface area contributed by atoms with E-state index < -0.39 is 0 Å². The average Bonchev–Trinajstić information content (AvgIpc) is 2.95. The molecular formula is C21H20BrN3. The summed E-state index contributed by atoms with van der Waals surface area (Å²) in [5.41, 5.74) is 11.0. The van der Waals surface area contributed by atoms with Crippen LogP contribution in [-0.4, -0.2) is 12.5 Å². The van der Waals surface area contributed by atoms with Crippen LogP contribution >= 0.6 is 15.9 Å². The Morgan fingerprint density at radius 3 is 2.60 bits per heavy atom. The summed E-state index contributed by atoms with van der Waals surface area (Å²) in [5, 5.41) is 2.52. The quantitative estimate of drug-likeness (QED) is 0.439. The van der Waals surface area contributed by atoms with Gasteiger partial charge in [-0.25, -0.2) is 4.99 Å². The Morgan fingerprint density at radius 1 is 1.08 bits per heavy atom. The van der Waals surface area contributed by atoms with Gasteiger partial charge in [0, 0.05) is 22.6 Å². The van der Waals surface area contributed by atoms with Crippen molar-refractivity contribution in [2.24, 2.45) is 10.7 Å². The van der Waals surface area contributed by atoms with E-state index in [-0.39, 0.29) is 0 Å². The maximum atomic E-state index is 6.37. The van der Waals surface area contributed by atoms with Crippen LogP contribution in [0.5, 0.6) is 0 Å². The third-order valence-corrected chi connectivity index (χ3v) is 5.51. The Morgan fingerprint density at radius 2 is 1.84 bits per heavy atom. The molecule has 3 aromatic carbocycles. The van der Waals surface area contributed by atoms with Gasteiger partial charge in [0.25, 0.3) is 0 Å². The molecule has 0 fully saturated rings. The van der Waals surface area contributed by atoms with Crippen LogP contribution in [0.1, 0.15) is 24.0 Å². The van der Waals surface area contributed by atoms with Crippen LogP contribution in [0.15, 0.2) is 64.1 Å². The van der Waals surface area contributed by atoms with E-state index in [4.69, 9.17) is 5.73 Å². The van der Waals surface area contributed by atoms with Gasteiger partial charge in [0.1, 0.15) is 0 Å². The predicted octanol–water partition coefficient (Wildman–Crippen LogP) is 5.48. The van der Waals surface area contributed by atoms with Crippen LogP contribution in [0.2, 0.25) is 0 Å². The second-order valence-electron chi connectivity index (χ2n) is 6.65. The number of guanidine groups is 1. The maximum absolute atomic E-state index is 6.37. The minimum absolute atomic E-state index is 0.403. The zero-order valence-corrected chi connectivity index (χ0v) is 15.9. The second kappa shape index (κ2) is 6.19. The smallest absolute Gasteiger partial charge is 0.201 e. The lowest BCUT2D eigenvalue weighted by atomic mass is 9.96. The van der Waals surface area contributed by atoms with Crippen LogP contribution in [0.3, 0.4) is 0 Å². The van der Waals surface area contributed by atoms with Crippen LogP contribution in [0.4, 0.5) is 11.4 Å². The highest BCUT2D eigenvalue weighted by atomic mass is 79.9. The molecule has 1 aliphatic heterocycles. The normalized spacial score (nSPS) is 17.2. The minimum atomic E-state index is 0.403. The Balaban J connectivity index is 1.79. The van der Waals surface area contributed by atoms with Crippen molar-refractivity contribution < 1.29 is 0 Å². The zero-order chi connectivity index (χ0) is 17.6. The number of anilines is 1. The third kappa shape index (κ3) is 2.81. The summed E-state index contributed by atoms with van der Waals surface area (Å²) in [7, 11) is 0. The number of nitrogens with zero attached hydrogens (tertiary/aromatic N) is 2. The molecule has 4 heteroatoms. The SMILES string of the molecule is Cc1ccc(N=C(N)N2CC(C)c3c2ccc2c(Br)cccc32)cc1. The van der Waals surface area contributed by atoms with Crippen molar-refractivity contribution in [3.8, 4) is 0 Å². The highest BCUT2D eigenvalue weighted by Gasteiger charge is 2.29. The summed E-state index contributed by atoms with van der Waals surface area (Å²) in [6, 6.07) is 18.8. The average molecular weight is 394 g/mol. The molecule has 2 N–H and O–H groups in total. The van der Waals surface area contributed by atoms with Gasteiger partial charge in [0.15, 0.2) is 0 Å². The molecule has 4 rings (SSSR count). The number of rotatable bonds is 1. The van der Waals surface area contributed by atoms with Crippen molar-refractivity contribution >= 4 is 44.0 Å². The van der Waals surface area contributed by atoms with E-state index in [0.717, 1.165) is 22.4 Å². The van der Waals surface area contributed by atoms with Crippen molar-refractivity contribution in [1.82, 2.24) is 0 Å². The number of hydrogen-bond donors (Lipinski definition) is 1. The van der Waals surface area contributed by atoms with E-state index in [1.807, 2.05) is 12.1 Å². The van der Waals surface area contributed by atoms with Crippen molar-refractivity contribution in [3.05, 3.63) is 70.2 Å². The molecule has 1 atom stereocenters. The van der Waals surface area contributed by atoms with E-state index >= 15 is 0 Å². The van der Waals surface area contributed by atoms with Gasteiger partial charge in [-0.3, -0.25) is 0 Å². The molecule has 0 saturated carbocycles. The van der Waals surface area contributed by atoms with Gasteiger partial charge >= 0.3 is 0 Å². The summed E-state index contributed by atoms with van der Waals surface area (Å²) in [6.45, 7) is 5.17. The Kier molecular flexibility index (Phi) is 4.00. The van der Waals surface area contributed by atoms with Gasteiger partial charge in [-0.2, -0.15) is 0 Å². The molecule has 3 aromatic rings. The molecular weight excluding hydrogens is 374 g/mol. The Bertz CT molecular complexity index is 976. The number of aliphatic imine (C=N–C) groups is 1. The fourth-order valence-electron chi connectivity index (χ4n) is 3.58. The summed E-state index contributed by atoms with van der Waals surface area (Å²) >= 11 is 3.66. The van der Waals surface area contributed by atoms with E-state index in [9.17, 15) is 0 Å². The summed E-state index contributed by atoms with van der Waals surface area (Å²) < 4.78 is 1.12. The molecule has 0 radical (unpaired) electrons. The fraction of sp³-hybridized carbons (Fsp3) is 0.190. The first-order chi connectivity index (χ1) is 12.0. The minimum Gasteiger partial charge on any atom is -0.369 e. The third-order valence-electron chi connectivity index (χ3n) is 4.82. The fourth-order valence-corrected chi connectivity index (χ4v) is 4.08. The van der Waals surface area contributed by atoms with Gasteiger partial charge < -0.3 is 10.6 Å².